The van der Waals surface area contributed by atoms with E-state index in [2.05, 4.69) is 5.32 Å². The van der Waals surface area contributed by atoms with Gasteiger partial charge in [-0.05, 0) is 26.2 Å². The fraction of sp³-hybridized carbons (Fsp3) is 0.929. The summed E-state index contributed by atoms with van der Waals surface area (Å²) in [6, 6.07) is -0.110. The Morgan fingerprint density at radius 3 is 2.70 bits per heavy atom. The van der Waals surface area contributed by atoms with E-state index in [1.165, 1.54) is 0 Å². The van der Waals surface area contributed by atoms with Crippen LogP contribution in [0.1, 0.15) is 46.0 Å². The minimum absolute atomic E-state index is 0.0195. The van der Waals surface area contributed by atoms with E-state index in [0.29, 0.717) is 18.7 Å². The highest BCUT2D eigenvalue weighted by Crippen LogP contribution is 2.23. The smallest absolute Gasteiger partial charge is 0.317 e. The average molecular weight is 304 g/mol. The summed E-state index contributed by atoms with van der Waals surface area (Å²) < 4.78 is 12.1. The summed E-state index contributed by atoms with van der Waals surface area (Å²) in [6.45, 7) is 4.17. The van der Waals surface area contributed by atoms with Gasteiger partial charge in [0, 0.05) is 36.2 Å². The number of nitrogens with zero attached hydrogens (tertiary/aromatic N) is 1. The predicted molar refractivity (Wildman–Crippen MR) is 82.2 cm³/mol. The van der Waals surface area contributed by atoms with Crippen LogP contribution in [-0.2, 0) is 10.8 Å². The molecule has 0 aliphatic heterocycles. The molecule has 1 fully saturated rings. The van der Waals surface area contributed by atoms with E-state index in [4.69, 9.17) is 0 Å². The van der Waals surface area contributed by atoms with Gasteiger partial charge in [-0.2, -0.15) is 0 Å². The lowest BCUT2D eigenvalue weighted by Crippen LogP contribution is -2.51. The number of amides is 2. The minimum atomic E-state index is -0.857. The van der Waals surface area contributed by atoms with Gasteiger partial charge < -0.3 is 15.3 Å². The number of urea groups is 1. The molecule has 4 atom stereocenters. The zero-order valence-electron chi connectivity index (χ0n) is 12.8. The van der Waals surface area contributed by atoms with Crippen LogP contribution in [0.5, 0.6) is 0 Å². The van der Waals surface area contributed by atoms with Crippen molar-refractivity contribution in [1.29, 1.82) is 0 Å². The molecule has 0 heterocycles. The molecule has 1 aliphatic carbocycles. The molecule has 6 heteroatoms. The first-order valence-corrected chi connectivity index (χ1v) is 8.90. The summed E-state index contributed by atoms with van der Waals surface area (Å²) in [4.78, 5) is 13.7. The molecule has 0 radical (unpaired) electrons. The molecule has 2 amide bonds. The summed E-state index contributed by atoms with van der Waals surface area (Å²) >= 11 is 0. The number of carbonyl (C=O) groups excluding carboxylic acids is 1. The Morgan fingerprint density at radius 2 is 2.10 bits per heavy atom. The topological polar surface area (TPSA) is 69.6 Å². The van der Waals surface area contributed by atoms with Gasteiger partial charge in [-0.15, -0.1) is 0 Å². The number of aliphatic hydroxyl groups is 1. The van der Waals surface area contributed by atoms with Crippen LogP contribution < -0.4 is 5.32 Å². The van der Waals surface area contributed by atoms with Crippen molar-refractivity contribution in [3.63, 3.8) is 0 Å². The van der Waals surface area contributed by atoms with E-state index in [9.17, 15) is 14.1 Å². The zero-order chi connectivity index (χ0) is 15.1. The van der Waals surface area contributed by atoms with Crippen LogP contribution in [0.25, 0.3) is 0 Å². The van der Waals surface area contributed by atoms with E-state index in [0.717, 1.165) is 25.7 Å². The van der Waals surface area contributed by atoms with Crippen molar-refractivity contribution in [2.75, 3.05) is 19.3 Å². The Labute approximate surface area is 124 Å². The molecule has 0 saturated heterocycles. The fourth-order valence-corrected chi connectivity index (χ4v) is 3.97. The van der Waals surface area contributed by atoms with Crippen molar-refractivity contribution >= 4 is 16.8 Å². The first-order valence-electron chi connectivity index (χ1n) is 7.52. The molecule has 1 aliphatic rings. The molecule has 0 bridgehead atoms. The molecule has 0 aromatic rings. The van der Waals surface area contributed by atoms with Crippen LogP contribution in [0.15, 0.2) is 0 Å². The molecule has 0 aromatic heterocycles. The van der Waals surface area contributed by atoms with Crippen LogP contribution in [0.3, 0.4) is 0 Å². The van der Waals surface area contributed by atoms with Crippen molar-refractivity contribution in [3.05, 3.63) is 0 Å². The van der Waals surface area contributed by atoms with E-state index < -0.39 is 16.9 Å². The minimum Gasteiger partial charge on any atom is -0.393 e. The molecule has 0 aromatic carbocycles. The number of carbonyl (C=O) groups is 1. The second-order valence-electron chi connectivity index (χ2n) is 5.61. The maximum atomic E-state index is 12.1. The first-order chi connectivity index (χ1) is 9.45. The number of nitrogens with one attached hydrogen (secondary N) is 1. The number of rotatable bonds is 6. The summed E-state index contributed by atoms with van der Waals surface area (Å²) in [5.74, 6) is 0.648. The van der Waals surface area contributed by atoms with Crippen molar-refractivity contribution in [3.8, 4) is 0 Å². The van der Waals surface area contributed by atoms with Crippen LogP contribution in [0.2, 0.25) is 0 Å². The Morgan fingerprint density at radius 1 is 1.45 bits per heavy atom. The number of aliphatic hydroxyl groups excluding tert-OH is 1. The normalized spacial score (nSPS) is 25.8. The highest BCUT2D eigenvalue weighted by atomic mass is 32.2. The Balaban J connectivity index is 2.51. The van der Waals surface area contributed by atoms with Gasteiger partial charge in [0.2, 0.25) is 0 Å². The predicted octanol–water partition coefficient (Wildman–Crippen LogP) is 1.48. The maximum absolute atomic E-state index is 12.1. The summed E-state index contributed by atoms with van der Waals surface area (Å²) in [5.41, 5.74) is 0. The lowest BCUT2D eigenvalue weighted by molar-refractivity contribution is 0.161. The van der Waals surface area contributed by atoms with Crippen molar-refractivity contribution in [2.45, 2.75) is 63.3 Å². The summed E-state index contributed by atoms with van der Waals surface area (Å²) in [6.07, 6.45) is 4.19. The third kappa shape index (κ3) is 5.40. The standard InChI is InChI=1S/C14H28N2O3S/c1-4-20(19)13-8-6-5-7-12(13)15-14(18)16(3)10-9-11(2)17/h11-13,17H,4-10H2,1-3H3,(H,15,18). The summed E-state index contributed by atoms with van der Waals surface area (Å²) in [7, 11) is 0.871. The molecule has 2 N–H and O–H groups in total. The lowest BCUT2D eigenvalue weighted by Gasteiger charge is -2.32. The number of hydrogen-bond acceptors (Lipinski definition) is 3. The second-order valence-corrected chi connectivity index (χ2v) is 7.55. The molecule has 1 rings (SSSR count). The van der Waals surface area contributed by atoms with E-state index in [1.54, 1.807) is 18.9 Å². The van der Waals surface area contributed by atoms with Crippen LogP contribution >= 0.6 is 0 Å². The third-order valence-corrected chi connectivity index (χ3v) is 5.67. The van der Waals surface area contributed by atoms with E-state index >= 15 is 0 Å². The van der Waals surface area contributed by atoms with Gasteiger partial charge in [0.25, 0.3) is 0 Å². The molecule has 20 heavy (non-hydrogen) atoms. The van der Waals surface area contributed by atoms with E-state index in [1.807, 2.05) is 6.92 Å². The van der Waals surface area contributed by atoms with Crippen molar-refractivity contribution in [1.82, 2.24) is 10.2 Å². The quantitative estimate of drug-likeness (QED) is 0.781. The Hall–Kier alpha value is -0.620. The van der Waals surface area contributed by atoms with Gasteiger partial charge in [-0.3, -0.25) is 4.21 Å². The maximum Gasteiger partial charge on any atom is 0.317 e. The zero-order valence-corrected chi connectivity index (χ0v) is 13.6. The van der Waals surface area contributed by atoms with E-state index in [-0.39, 0.29) is 17.3 Å². The van der Waals surface area contributed by atoms with Gasteiger partial charge in [-0.1, -0.05) is 19.8 Å². The van der Waals surface area contributed by atoms with Gasteiger partial charge in [-0.25, -0.2) is 4.79 Å². The molecular formula is C14H28N2O3S. The first kappa shape index (κ1) is 17.4. The van der Waals surface area contributed by atoms with Gasteiger partial charge in [0.05, 0.1) is 11.4 Å². The lowest BCUT2D eigenvalue weighted by atomic mass is 9.95. The molecule has 0 spiro atoms. The third-order valence-electron chi connectivity index (χ3n) is 3.86. The molecular weight excluding hydrogens is 276 g/mol. The highest BCUT2D eigenvalue weighted by Gasteiger charge is 2.30. The van der Waals surface area contributed by atoms with Gasteiger partial charge in [0.1, 0.15) is 0 Å². The largest absolute Gasteiger partial charge is 0.393 e. The van der Waals surface area contributed by atoms with Crippen LogP contribution in [0.4, 0.5) is 4.79 Å². The van der Waals surface area contributed by atoms with Gasteiger partial charge in [0.15, 0.2) is 0 Å². The molecule has 1 saturated carbocycles. The Bertz CT molecular complexity index is 336. The SMILES string of the molecule is CCS(=O)C1CCCCC1NC(=O)N(C)CCC(C)O. The second kappa shape index (κ2) is 8.62. The van der Waals surface area contributed by atoms with Crippen LogP contribution in [-0.4, -0.2) is 57.0 Å². The Kier molecular flexibility index (Phi) is 7.51. The van der Waals surface area contributed by atoms with Gasteiger partial charge >= 0.3 is 6.03 Å². The molecule has 5 nitrogen and oxygen atoms in total. The van der Waals surface area contributed by atoms with Crippen LogP contribution in [0, 0.1) is 0 Å². The van der Waals surface area contributed by atoms with Crippen molar-refractivity contribution in [2.24, 2.45) is 0 Å². The molecule has 4 unspecified atom stereocenters. The fourth-order valence-electron chi connectivity index (χ4n) is 2.54. The van der Waals surface area contributed by atoms with Crippen molar-refractivity contribution < 1.29 is 14.1 Å². The monoisotopic (exact) mass is 304 g/mol. The molecule has 118 valence electrons. The highest BCUT2D eigenvalue weighted by molar-refractivity contribution is 7.85. The summed E-state index contributed by atoms with van der Waals surface area (Å²) in [5, 5.41) is 12.4. The average Bonchev–Trinajstić information content (AvgIpc) is 2.44. The number of hydrogen-bond donors (Lipinski definition) is 2.